The van der Waals surface area contributed by atoms with Crippen LogP contribution in [0.25, 0.3) is 6.08 Å². The van der Waals surface area contributed by atoms with Gasteiger partial charge < -0.3 is 4.90 Å². The maximum atomic E-state index is 12.8. The first kappa shape index (κ1) is 14.9. The van der Waals surface area contributed by atoms with Crippen molar-refractivity contribution in [3.05, 3.63) is 75.6 Å². The van der Waals surface area contributed by atoms with E-state index in [-0.39, 0.29) is 17.4 Å². The SMILES string of the molecule is O=C(/C=C/c1ccc(F)cc1)N1CCc2ccc([N+](=O)[O-])cc21. The molecule has 2 aromatic rings. The summed E-state index contributed by atoms with van der Waals surface area (Å²) in [6.07, 6.45) is 3.65. The number of non-ortho nitro benzene ring substituents is 1. The Bertz CT molecular complexity index is 800. The highest BCUT2D eigenvalue weighted by Crippen LogP contribution is 2.31. The van der Waals surface area contributed by atoms with Crippen LogP contribution in [0.1, 0.15) is 11.1 Å². The predicted octanol–water partition coefficient (Wildman–Crippen LogP) is 3.34. The third-order valence-corrected chi connectivity index (χ3v) is 3.73. The maximum Gasteiger partial charge on any atom is 0.271 e. The highest BCUT2D eigenvalue weighted by atomic mass is 19.1. The molecule has 0 radical (unpaired) electrons. The molecule has 0 aliphatic carbocycles. The fraction of sp³-hybridized carbons (Fsp3) is 0.118. The molecule has 0 saturated carbocycles. The molecule has 23 heavy (non-hydrogen) atoms. The number of benzene rings is 2. The van der Waals surface area contributed by atoms with Crippen LogP contribution in [-0.2, 0) is 11.2 Å². The van der Waals surface area contributed by atoms with Crippen LogP contribution in [0.4, 0.5) is 15.8 Å². The van der Waals surface area contributed by atoms with Gasteiger partial charge in [0.25, 0.3) is 11.6 Å². The average molecular weight is 312 g/mol. The van der Waals surface area contributed by atoms with E-state index >= 15 is 0 Å². The van der Waals surface area contributed by atoms with Gasteiger partial charge in [-0.1, -0.05) is 18.2 Å². The van der Waals surface area contributed by atoms with Crippen molar-refractivity contribution in [1.29, 1.82) is 0 Å². The number of carbonyl (C=O) groups is 1. The molecular weight excluding hydrogens is 299 g/mol. The van der Waals surface area contributed by atoms with Crippen molar-refractivity contribution in [1.82, 2.24) is 0 Å². The Labute approximate surface area is 131 Å². The Balaban J connectivity index is 1.81. The number of hydrogen-bond acceptors (Lipinski definition) is 3. The summed E-state index contributed by atoms with van der Waals surface area (Å²) in [5.41, 5.74) is 2.16. The second kappa shape index (κ2) is 6.00. The number of hydrogen-bond donors (Lipinski definition) is 0. The van der Waals surface area contributed by atoms with E-state index in [2.05, 4.69) is 0 Å². The summed E-state index contributed by atoms with van der Waals surface area (Å²) in [6, 6.07) is 10.3. The lowest BCUT2D eigenvalue weighted by atomic mass is 10.1. The fourth-order valence-corrected chi connectivity index (χ4v) is 2.54. The van der Waals surface area contributed by atoms with Crippen molar-refractivity contribution in [2.24, 2.45) is 0 Å². The Kier molecular flexibility index (Phi) is 3.89. The van der Waals surface area contributed by atoms with Gasteiger partial charge in [0, 0.05) is 24.8 Å². The topological polar surface area (TPSA) is 63.5 Å². The minimum atomic E-state index is -0.477. The molecule has 2 aromatic carbocycles. The van der Waals surface area contributed by atoms with Gasteiger partial charge in [-0.25, -0.2) is 4.39 Å². The lowest BCUT2D eigenvalue weighted by Crippen LogP contribution is -2.26. The molecule has 0 aromatic heterocycles. The zero-order valence-electron chi connectivity index (χ0n) is 12.1. The Hall–Kier alpha value is -3.02. The van der Waals surface area contributed by atoms with Crippen LogP contribution in [0.5, 0.6) is 0 Å². The molecule has 1 aliphatic heterocycles. The van der Waals surface area contributed by atoms with E-state index in [0.717, 1.165) is 5.56 Å². The molecule has 0 saturated heterocycles. The van der Waals surface area contributed by atoms with Crippen LogP contribution in [0, 0.1) is 15.9 Å². The Morgan fingerprint density at radius 2 is 1.96 bits per heavy atom. The number of halogens is 1. The van der Waals surface area contributed by atoms with Crippen molar-refractivity contribution in [3.8, 4) is 0 Å². The molecule has 116 valence electrons. The van der Waals surface area contributed by atoms with Gasteiger partial charge in [0.2, 0.25) is 0 Å². The summed E-state index contributed by atoms with van der Waals surface area (Å²) in [6.45, 7) is 0.489. The van der Waals surface area contributed by atoms with Gasteiger partial charge in [-0.3, -0.25) is 14.9 Å². The standard InChI is InChI=1S/C17H13FN2O3/c18-14-5-1-12(2-6-14)3-8-17(21)19-10-9-13-4-7-15(20(22)23)11-16(13)19/h1-8,11H,9-10H2/b8-3+. The maximum absolute atomic E-state index is 12.8. The molecular formula is C17H13FN2O3. The third-order valence-electron chi connectivity index (χ3n) is 3.73. The van der Waals surface area contributed by atoms with E-state index in [1.54, 1.807) is 24.3 Å². The lowest BCUT2D eigenvalue weighted by Gasteiger charge is -2.14. The largest absolute Gasteiger partial charge is 0.308 e. The van der Waals surface area contributed by atoms with Crippen molar-refractivity contribution < 1.29 is 14.1 Å². The molecule has 5 nitrogen and oxygen atoms in total. The van der Waals surface area contributed by atoms with Crippen LogP contribution in [0.3, 0.4) is 0 Å². The van der Waals surface area contributed by atoms with Gasteiger partial charge in [0.05, 0.1) is 10.6 Å². The van der Waals surface area contributed by atoms with Gasteiger partial charge >= 0.3 is 0 Å². The molecule has 1 amide bonds. The minimum Gasteiger partial charge on any atom is -0.308 e. The number of carbonyl (C=O) groups excluding carboxylic acids is 1. The Morgan fingerprint density at radius 3 is 2.65 bits per heavy atom. The molecule has 1 heterocycles. The monoisotopic (exact) mass is 312 g/mol. The Morgan fingerprint density at radius 1 is 1.22 bits per heavy atom. The molecule has 0 unspecified atom stereocenters. The van der Waals surface area contributed by atoms with Crippen LogP contribution >= 0.6 is 0 Å². The second-order valence-electron chi connectivity index (χ2n) is 5.19. The zero-order valence-corrected chi connectivity index (χ0v) is 12.1. The number of amides is 1. The molecule has 3 rings (SSSR count). The van der Waals surface area contributed by atoms with E-state index < -0.39 is 4.92 Å². The van der Waals surface area contributed by atoms with Gasteiger partial charge in [-0.15, -0.1) is 0 Å². The molecule has 0 N–H and O–H groups in total. The summed E-state index contributed by atoms with van der Waals surface area (Å²) in [5, 5.41) is 10.9. The van der Waals surface area contributed by atoms with Gasteiger partial charge in [-0.2, -0.15) is 0 Å². The highest BCUT2D eigenvalue weighted by molar-refractivity contribution is 6.05. The molecule has 0 bridgehead atoms. The van der Waals surface area contributed by atoms with Crippen LogP contribution < -0.4 is 4.90 Å². The minimum absolute atomic E-state index is 0.0361. The van der Waals surface area contributed by atoms with Crippen LogP contribution in [0.2, 0.25) is 0 Å². The molecule has 6 heteroatoms. The quantitative estimate of drug-likeness (QED) is 0.496. The molecule has 0 atom stereocenters. The predicted molar refractivity (Wildman–Crippen MR) is 84.6 cm³/mol. The van der Waals surface area contributed by atoms with E-state index in [4.69, 9.17) is 0 Å². The van der Waals surface area contributed by atoms with Gasteiger partial charge in [-0.05, 0) is 35.8 Å². The van der Waals surface area contributed by atoms with Crippen molar-refractivity contribution in [3.63, 3.8) is 0 Å². The number of nitro benzene ring substituents is 1. The number of fused-ring (bicyclic) bond motifs is 1. The number of nitrogens with zero attached hydrogens (tertiary/aromatic N) is 2. The summed E-state index contributed by atoms with van der Waals surface area (Å²) in [4.78, 5) is 24.2. The fourth-order valence-electron chi connectivity index (χ4n) is 2.54. The van der Waals surface area contributed by atoms with E-state index in [9.17, 15) is 19.3 Å². The first-order valence-electron chi connectivity index (χ1n) is 7.07. The summed E-state index contributed by atoms with van der Waals surface area (Å²) >= 11 is 0. The number of rotatable bonds is 3. The van der Waals surface area contributed by atoms with E-state index in [0.29, 0.717) is 24.2 Å². The lowest BCUT2D eigenvalue weighted by molar-refractivity contribution is -0.384. The zero-order chi connectivity index (χ0) is 16.4. The normalized spacial score (nSPS) is 13.3. The van der Waals surface area contributed by atoms with Crippen molar-refractivity contribution in [2.45, 2.75) is 6.42 Å². The van der Waals surface area contributed by atoms with Crippen molar-refractivity contribution in [2.75, 3.05) is 11.4 Å². The number of nitro groups is 1. The van der Waals surface area contributed by atoms with Gasteiger partial charge in [0.1, 0.15) is 5.82 Å². The van der Waals surface area contributed by atoms with Crippen LogP contribution in [0.15, 0.2) is 48.5 Å². The van der Waals surface area contributed by atoms with E-state index in [1.165, 1.54) is 35.2 Å². The average Bonchev–Trinajstić information content (AvgIpc) is 2.97. The molecule has 0 spiro atoms. The number of anilines is 1. The molecule has 0 fully saturated rings. The first-order valence-corrected chi connectivity index (χ1v) is 7.07. The third kappa shape index (κ3) is 3.11. The summed E-state index contributed by atoms with van der Waals surface area (Å²) in [5.74, 6) is -0.595. The van der Waals surface area contributed by atoms with Crippen molar-refractivity contribution >= 4 is 23.4 Å². The van der Waals surface area contributed by atoms with Gasteiger partial charge in [0.15, 0.2) is 0 Å². The first-order chi connectivity index (χ1) is 11.0. The summed E-state index contributed by atoms with van der Waals surface area (Å²) in [7, 11) is 0. The highest BCUT2D eigenvalue weighted by Gasteiger charge is 2.25. The summed E-state index contributed by atoms with van der Waals surface area (Å²) < 4.78 is 12.8. The smallest absolute Gasteiger partial charge is 0.271 e. The van der Waals surface area contributed by atoms with Crippen LogP contribution in [-0.4, -0.2) is 17.4 Å². The van der Waals surface area contributed by atoms with E-state index in [1.807, 2.05) is 0 Å². The molecule has 1 aliphatic rings. The second-order valence-corrected chi connectivity index (χ2v) is 5.19.